The molecule has 5 heteroatoms. The molecule has 3 N–H and O–H groups in total. The summed E-state index contributed by atoms with van der Waals surface area (Å²) < 4.78 is 5.62. The zero-order valence-corrected chi connectivity index (χ0v) is 9.64. The molecule has 2 aliphatic rings. The third kappa shape index (κ3) is 2.65. The molecule has 2 rings (SSSR count). The van der Waals surface area contributed by atoms with Crippen molar-refractivity contribution >= 4 is 5.84 Å². The number of hydrogen-bond donors (Lipinski definition) is 2. The highest BCUT2D eigenvalue weighted by atomic mass is 16.5. The van der Waals surface area contributed by atoms with E-state index in [-0.39, 0.29) is 0 Å². The number of fused-ring (bicyclic) bond motifs is 1. The Balaban J connectivity index is 2.02. The van der Waals surface area contributed by atoms with E-state index in [0.29, 0.717) is 24.3 Å². The summed E-state index contributed by atoms with van der Waals surface area (Å²) >= 11 is 0. The largest absolute Gasteiger partial charge is 0.409 e. The Labute approximate surface area is 96.2 Å². The Morgan fingerprint density at radius 3 is 3.06 bits per heavy atom. The average molecular weight is 227 g/mol. The molecule has 1 heterocycles. The van der Waals surface area contributed by atoms with Crippen molar-refractivity contribution in [3.05, 3.63) is 0 Å². The zero-order valence-electron chi connectivity index (χ0n) is 9.64. The van der Waals surface area contributed by atoms with Gasteiger partial charge >= 0.3 is 0 Å². The minimum atomic E-state index is 0.297. The molecule has 0 aromatic heterocycles. The lowest BCUT2D eigenvalue weighted by Gasteiger charge is -2.37. The molecule has 16 heavy (non-hydrogen) atoms. The number of hydrogen-bond acceptors (Lipinski definition) is 4. The maximum absolute atomic E-state index is 8.64. The van der Waals surface area contributed by atoms with Crippen LogP contribution in [0.25, 0.3) is 0 Å². The van der Waals surface area contributed by atoms with Crippen LogP contribution in [0.1, 0.15) is 25.7 Å². The maximum Gasteiger partial charge on any atom is 0.153 e. The molecule has 0 spiro atoms. The summed E-state index contributed by atoms with van der Waals surface area (Å²) in [5.74, 6) is 0.925. The molecule has 1 aliphatic heterocycles. The third-order valence-electron chi connectivity index (χ3n) is 3.69. The summed E-state index contributed by atoms with van der Waals surface area (Å²) in [6, 6.07) is 0.552. The van der Waals surface area contributed by atoms with Crippen molar-refractivity contribution in [1.29, 1.82) is 0 Å². The van der Waals surface area contributed by atoms with E-state index in [9.17, 15) is 0 Å². The Morgan fingerprint density at radius 1 is 1.44 bits per heavy atom. The van der Waals surface area contributed by atoms with E-state index in [0.717, 1.165) is 19.8 Å². The first-order chi connectivity index (χ1) is 7.81. The van der Waals surface area contributed by atoms with Crippen molar-refractivity contribution < 1.29 is 9.94 Å². The van der Waals surface area contributed by atoms with Crippen molar-refractivity contribution in [3.8, 4) is 0 Å². The highest BCUT2D eigenvalue weighted by molar-refractivity contribution is 5.81. The lowest BCUT2D eigenvalue weighted by molar-refractivity contribution is 0.0970. The lowest BCUT2D eigenvalue weighted by Crippen LogP contribution is -2.46. The van der Waals surface area contributed by atoms with Gasteiger partial charge in [-0.1, -0.05) is 18.0 Å². The first-order valence-electron chi connectivity index (χ1n) is 6.09. The molecule has 1 saturated carbocycles. The number of oxime groups is 1. The molecule has 2 atom stereocenters. The van der Waals surface area contributed by atoms with Gasteiger partial charge in [-0.05, 0) is 18.8 Å². The van der Waals surface area contributed by atoms with Crippen molar-refractivity contribution in [3.63, 3.8) is 0 Å². The van der Waals surface area contributed by atoms with E-state index in [1.807, 2.05) is 0 Å². The van der Waals surface area contributed by atoms with Crippen LogP contribution in [0.2, 0.25) is 0 Å². The van der Waals surface area contributed by atoms with Gasteiger partial charge in [0.15, 0.2) is 5.84 Å². The smallest absolute Gasteiger partial charge is 0.153 e. The second-order valence-corrected chi connectivity index (χ2v) is 4.75. The molecule has 2 fully saturated rings. The zero-order chi connectivity index (χ0) is 11.4. The standard InChI is InChI=1S/C11H21N3O2/c12-11(13-15)7-14-5-6-16-8-9-3-1-2-4-10(9)14/h9-10,15H,1-8H2,(H2,12,13)/t9-,10-/m1/s1. The summed E-state index contributed by atoms with van der Waals surface area (Å²) in [6.07, 6.45) is 5.06. The third-order valence-corrected chi connectivity index (χ3v) is 3.69. The lowest BCUT2D eigenvalue weighted by atomic mass is 9.84. The van der Waals surface area contributed by atoms with Crippen LogP contribution in [-0.4, -0.2) is 48.3 Å². The van der Waals surface area contributed by atoms with Crippen LogP contribution in [0.5, 0.6) is 0 Å². The van der Waals surface area contributed by atoms with Gasteiger partial charge in [0.2, 0.25) is 0 Å². The van der Waals surface area contributed by atoms with Crippen LogP contribution >= 0.6 is 0 Å². The number of rotatable bonds is 2. The predicted octanol–water partition coefficient (Wildman–Crippen LogP) is 0.624. The number of ether oxygens (including phenoxy) is 1. The second kappa shape index (κ2) is 5.50. The Kier molecular flexibility index (Phi) is 4.01. The van der Waals surface area contributed by atoms with Crippen LogP contribution in [0.4, 0.5) is 0 Å². The molecule has 0 aromatic carbocycles. The summed E-state index contributed by atoms with van der Waals surface area (Å²) in [5.41, 5.74) is 5.59. The highest BCUT2D eigenvalue weighted by Gasteiger charge is 2.32. The Bertz CT molecular complexity index is 258. The molecule has 1 aliphatic carbocycles. The molecule has 0 bridgehead atoms. The minimum Gasteiger partial charge on any atom is -0.409 e. The first kappa shape index (κ1) is 11.7. The predicted molar refractivity (Wildman–Crippen MR) is 61.5 cm³/mol. The fourth-order valence-corrected chi connectivity index (χ4v) is 2.88. The maximum atomic E-state index is 8.64. The second-order valence-electron chi connectivity index (χ2n) is 4.75. The molecule has 5 nitrogen and oxygen atoms in total. The molecular weight excluding hydrogens is 206 g/mol. The summed E-state index contributed by atoms with van der Waals surface area (Å²) in [6.45, 7) is 3.07. The number of nitrogens with zero attached hydrogens (tertiary/aromatic N) is 2. The first-order valence-corrected chi connectivity index (χ1v) is 6.09. The van der Waals surface area contributed by atoms with Gasteiger partial charge in [0.25, 0.3) is 0 Å². The van der Waals surface area contributed by atoms with Gasteiger partial charge in [0, 0.05) is 12.6 Å². The molecule has 1 saturated heterocycles. The Hall–Kier alpha value is -0.810. The van der Waals surface area contributed by atoms with Gasteiger partial charge in [-0.2, -0.15) is 0 Å². The molecule has 92 valence electrons. The van der Waals surface area contributed by atoms with Crippen molar-refractivity contribution in [2.45, 2.75) is 31.7 Å². The molecular formula is C11H21N3O2. The fourth-order valence-electron chi connectivity index (χ4n) is 2.88. The van der Waals surface area contributed by atoms with E-state index in [2.05, 4.69) is 10.1 Å². The molecule has 0 aromatic rings. The average Bonchev–Trinajstić information content (AvgIpc) is 2.52. The van der Waals surface area contributed by atoms with Crippen LogP contribution in [0, 0.1) is 5.92 Å². The number of nitrogens with two attached hydrogens (primary N) is 1. The molecule has 0 radical (unpaired) electrons. The summed E-state index contributed by atoms with van der Waals surface area (Å²) in [5, 5.41) is 11.7. The van der Waals surface area contributed by atoms with E-state index in [4.69, 9.17) is 15.7 Å². The fraction of sp³-hybridized carbons (Fsp3) is 0.909. The van der Waals surface area contributed by atoms with Crippen LogP contribution in [0.15, 0.2) is 5.16 Å². The van der Waals surface area contributed by atoms with Crippen LogP contribution in [-0.2, 0) is 4.74 Å². The van der Waals surface area contributed by atoms with Gasteiger partial charge in [-0.25, -0.2) is 0 Å². The SMILES string of the molecule is NC(CN1CCOC[C@H]2CCCC[C@H]21)=NO. The van der Waals surface area contributed by atoms with Gasteiger partial charge in [0.05, 0.1) is 19.8 Å². The van der Waals surface area contributed by atoms with E-state index < -0.39 is 0 Å². The highest BCUT2D eigenvalue weighted by Crippen LogP contribution is 2.30. The van der Waals surface area contributed by atoms with Gasteiger partial charge in [-0.15, -0.1) is 0 Å². The monoisotopic (exact) mass is 227 g/mol. The van der Waals surface area contributed by atoms with E-state index in [1.54, 1.807) is 0 Å². The normalized spacial score (nSPS) is 33.1. The van der Waals surface area contributed by atoms with Gasteiger partial charge in [-0.3, -0.25) is 4.90 Å². The van der Waals surface area contributed by atoms with Gasteiger partial charge < -0.3 is 15.7 Å². The van der Waals surface area contributed by atoms with Crippen molar-refractivity contribution in [2.24, 2.45) is 16.8 Å². The van der Waals surface area contributed by atoms with Crippen LogP contribution in [0.3, 0.4) is 0 Å². The summed E-state index contributed by atoms with van der Waals surface area (Å²) in [7, 11) is 0. The van der Waals surface area contributed by atoms with E-state index in [1.165, 1.54) is 25.7 Å². The number of amidine groups is 1. The molecule has 0 amide bonds. The van der Waals surface area contributed by atoms with Crippen LogP contribution < -0.4 is 5.73 Å². The van der Waals surface area contributed by atoms with Crippen molar-refractivity contribution in [1.82, 2.24) is 4.90 Å². The quantitative estimate of drug-likeness (QED) is 0.314. The Morgan fingerprint density at radius 2 is 2.25 bits per heavy atom. The van der Waals surface area contributed by atoms with Gasteiger partial charge in [0.1, 0.15) is 0 Å². The topological polar surface area (TPSA) is 71.1 Å². The summed E-state index contributed by atoms with van der Waals surface area (Å²) in [4.78, 5) is 2.31. The van der Waals surface area contributed by atoms with E-state index >= 15 is 0 Å². The molecule has 0 unspecified atom stereocenters. The minimum absolute atomic E-state index is 0.297. The van der Waals surface area contributed by atoms with Crippen molar-refractivity contribution in [2.75, 3.05) is 26.3 Å².